The molecule has 0 atom stereocenters. The summed E-state index contributed by atoms with van der Waals surface area (Å²) in [4.78, 5) is 32.0. The van der Waals surface area contributed by atoms with Gasteiger partial charge in [0.2, 0.25) is 0 Å². The van der Waals surface area contributed by atoms with E-state index in [2.05, 4.69) is 5.16 Å². The fourth-order valence-corrected chi connectivity index (χ4v) is 3.06. The van der Waals surface area contributed by atoms with E-state index in [4.69, 9.17) is 4.84 Å². The Morgan fingerprint density at radius 3 is 2.33 bits per heavy atom. The van der Waals surface area contributed by atoms with Gasteiger partial charge in [0.15, 0.2) is 5.71 Å². The number of fused-ring (bicyclic) bond motifs is 1. The van der Waals surface area contributed by atoms with Gasteiger partial charge in [-0.25, -0.2) is 4.79 Å². The quantitative estimate of drug-likeness (QED) is 0.521. The number of carbonyl (C=O) groups excluding carboxylic acids is 2. The van der Waals surface area contributed by atoms with Crippen molar-refractivity contribution in [1.29, 1.82) is 0 Å². The highest BCUT2D eigenvalue weighted by Crippen LogP contribution is 2.35. The second kappa shape index (κ2) is 6.88. The van der Waals surface area contributed by atoms with Crippen LogP contribution in [-0.4, -0.2) is 17.6 Å². The van der Waals surface area contributed by atoms with Gasteiger partial charge in [-0.15, -0.1) is 0 Å². The number of anilines is 2. The molecule has 0 aliphatic carbocycles. The predicted molar refractivity (Wildman–Crippen MR) is 103 cm³/mol. The van der Waals surface area contributed by atoms with Gasteiger partial charge in [0.05, 0.1) is 11.3 Å². The van der Waals surface area contributed by atoms with E-state index in [0.29, 0.717) is 16.8 Å². The number of para-hydroxylation sites is 2. The van der Waals surface area contributed by atoms with E-state index < -0.39 is 5.97 Å². The molecule has 0 fully saturated rings. The first-order valence-electron chi connectivity index (χ1n) is 8.50. The van der Waals surface area contributed by atoms with E-state index >= 15 is 0 Å². The van der Waals surface area contributed by atoms with Crippen molar-refractivity contribution in [2.75, 3.05) is 4.90 Å². The molecule has 0 radical (unpaired) electrons. The summed E-state index contributed by atoms with van der Waals surface area (Å²) in [6, 6.07) is 23.7. The molecule has 0 unspecified atom stereocenters. The van der Waals surface area contributed by atoms with E-state index in [0.717, 1.165) is 11.3 Å². The van der Waals surface area contributed by atoms with Gasteiger partial charge in [-0.2, -0.15) is 0 Å². The topological polar surface area (TPSA) is 59.0 Å². The van der Waals surface area contributed by atoms with Gasteiger partial charge in [0.1, 0.15) is 0 Å². The largest absolute Gasteiger partial charge is 0.366 e. The lowest BCUT2D eigenvalue weighted by Gasteiger charge is -2.16. The number of oxime groups is 1. The molecule has 0 aromatic heterocycles. The average molecular weight is 356 g/mol. The number of benzene rings is 3. The monoisotopic (exact) mass is 356 g/mol. The Hall–Kier alpha value is -3.73. The van der Waals surface area contributed by atoms with Gasteiger partial charge in [0.25, 0.3) is 5.91 Å². The van der Waals surface area contributed by atoms with Crippen molar-refractivity contribution >= 4 is 29.0 Å². The van der Waals surface area contributed by atoms with Crippen molar-refractivity contribution in [2.24, 2.45) is 5.16 Å². The molecular weight excluding hydrogens is 340 g/mol. The minimum Gasteiger partial charge on any atom is -0.312 e. The molecule has 0 saturated carbocycles. The second-order valence-electron chi connectivity index (χ2n) is 6.13. The van der Waals surface area contributed by atoms with Gasteiger partial charge >= 0.3 is 5.97 Å². The summed E-state index contributed by atoms with van der Waals surface area (Å²) in [5.74, 6) is -0.927. The standard InChI is InChI=1S/C22H16N2O3/c1-15-9-5-6-12-17(15)22(26)27-23-20-18-13-7-8-14-19(18)24(21(20)25)16-10-3-2-4-11-16/h2-14H,1H3. The smallest absolute Gasteiger partial charge is 0.312 e. The molecule has 1 aliphatic heterocycles. The summed E-state index contributed by atoms with van der Waals surface area (Å²) in [5, 5.41) is 3.91. The van der Waals surface area contributed by atoms with Crippen molar-refractivity contribution in [1.82, 2.24) is 0 Å². The molecule has 1 amide bonds. The highest BCUT2D eigenvalue weighted by atomic mass is 16.7. The predicted octanol–water partition coefficient (Wildman–Crippen LogP) is 4.23. The lowest BCUT2D eigenvalue weighted by molar-refractivity contribution is -0.111. The Morgan fingerprint density at radius 2 is 1.56 bits per heavy atom. The lowest BCUT2D eigenvalue weighted by atomic mass is 10.1. The van der Waals surface area contributed by atoms with E-state index in [1.54, 1.807) is 23.1 Å². The molecule has 4 rings (SSSR count). The average Bonchev–Trinajstić information content (AvgIpc) is 2.98. The summed E-state index contributed by atoms with van der Waals surface area (Å²) >= 11 is 0. The SMILES string of the molecule is Cc1ccccc1C(=O)ON=C1C(=O)N(c2ccccc2)c2ccccc21. The van der Waals surface area contributed by atoms with Crippen molar-refractivity contribution in [3.05, 3.63) is 95.6 Å². The molecule has 0 N–H and O–H groups in total. The van der Waals surface area contributed by atoms with Gasteiger partial charge in [-0.1, -0.05) is 59.8 Å². The van der Waals surface area contributed by atoms with Gasteiger partial charge in [-0.05, 0) is 36.8 Å². The van der Waals surface area contributed by atoms with Crippen LogP contribution in [-0.2, 0) is 9.63 Å². The van der Waals surface area contributed by atoms with Gasteiger partial charge in [-0.3, -0.25) is 9.69 Å². The van der Waals surface area contributed by atoms with Crippen LogP contribution >= 0.6 is 0 Å². The Balaban J connectivity index is 1.69. The third-order valence-corrected chi connectivity index (χ3v) is 4.40. The fourth-order valence-electron chi connectivity index (χ4n) is 3.06. The summed E-state index contributed by atoms with van der Waals surface area (Å²) in [5.41, 5.74) is 3.37. The molecule has 27 heavy (non-hydrogen) atoms. The maximum atomic E-state index is 13.0. The van der Waals surface area contributed by atoms with Crippen LogP contribution in [0.25, 0.3) is 0 Å². The normalized spacial score (nSPS) is 14.3. The summed E-state index contributed by atoms with van der Waals surface area (Å²) in [6.07, 6.45) is 0. The van der Waals surface area contributed by atoms with E-state index in [1.807, 2.05) is 67.6 Å². The van der Waals surface area contributed by atoms with E-state index in [-0.39, 0.29) is 11.6 Å². The molecule has 1 aliphatic rings. The van der Waals surface area contributed by atoms with E-state index in [9.17, 15) is 9.59 Å². The van der Waals surface area contributed by atoms with Crippen LogP contribution in [0.2, 0.25) is 0 Å². The van der Waals surface area contributed by atoms with Gasteiger partial charge in [0, 0.05) is 11.3 Å². The third-order valence-electron chi connectivity index (χ3n) is 4.40. The zero-order valence-corrected chi connectivity index (χ0v) is 14.6. The van der Waals surface area contributed by atoms with Crippen LogP contribution < -0.4 is 4.90 Å². The molecule has 0 bridgehead atoms. The molecule has 1 heterocycles. The van der Waals surface area contributed by atoms with Crippen LogP contribution in [0, 0.1) is 6.92 Å². The van der Waals surface area contributed by atoms with Crippen LogP contribution in [0.15, 0.2) is 84.0 Å². The van der Waals surface area contributed by atoms with Crippen LogP contribution in [0.4, 0.5) is 11.4 Å². The summed E-state index contributed by atoms with van der Waals surface area (Å²) in [6.45, 7) is 1.82. The van der Waals surface area contributed by atoms with Crippen molar-refractivity contribution in [3.8, 4) is 0 Å². The van der Waals surface area contributed by atoms with Crippen LogP contribution in [0.3, 0.4) is 0 Å². The molecule has 0 spiro atoms. The first kappa shape index (κ1) is 16.7. The first-order chi connectivity index (χ1) is 13.2. The minimum absolute atomic E-state index is 0.108. The Bertz CT molecular complexity index is 1060. The number of nitrogens with zero attached hydrogens (tertiary/aromatic N) is 2. The van der Waals surface area contributed by atoms with Crippen molar-refractivity contribution in [2.45, 2.75) is 6.92 Å². The number of rotatable bonds is 3. The maximum Gasteiger partial charge on any atom is 0.366 e. The van der Waals surface area contributed by atoms with E-state index in [1.165, 1.54) is 0 Å². The number of amides is 1. The second-order valence-corrected chi connectivity index (χ2v) is 6.13. The highest BCUT2D eigenvalue weighted by molar-refractivity contribution is 6.55. The zero-order chi connectivity index (χ0) is 18.8. The number of hydrogen-bond donors (Lipinski definition) is 0. The molecule has 132 valence electrons. The Labute approximate surface area is 156 Å². The Kier molecular flexibility index (Phi) is 4.26. The van der Waals surface area contributed by atoms with Crippen LogP contribution in [0.5, 0.6) is 0 Å². The van der Waals surface area contributed by atoms with Gasteiger partial charge < -0.3 is 4.84 Å². The molecule has 5 heteroatoms. The highest BCUT2D eigenvalue weighted by Gasteiger charge is 2.35. The summed E-state index contributed by atoms with van der Waals surface area (Å²) < 4.78 is 0. The summed E-state index contributed by atoms with van der Waals surface area (Å²) in [7, 11) is 0. The van der Waals surface area contributed by atoms with Crippen molar-refractivity contribution < 1.29 is 14.4 Å². The fraction of sp³-hybridized carbons (Fsp3) is 0.0455. The van der Waals surface area contributed by atoms with Crippen LogP contribution in [0.1, 0.15) is 21.5 Å². The number of aryl methyl sites for hydroxylation is 1. The molecule has 3 aromatic carbocycles. The molecule has 5 nitrogen and oxygen atoms in total. The molecule has 0 saturated heterocycles. The molecule has 3 aromatic rings. The Morgan fingerprint density at radius 1 is 0.889 bits per heavy atom. The minimum atomic E-state index is -0.593. The number of carbonyl (C=O) groups is 2. The maximum absolute atomic E-state index is 13.0. The zero-order valence-electron chi connectivity index (χ0n) is 14.6. The molecular formula is C22H16N2O3. The van der Waals surface area contributed by atoms with Crippen molar-refractivity contribution in [3.63, 3.8) is 0 Å². The lowest BCUT2D eigenvalue weighted by Crippen LogP contribution is -2.25. The first-order valence-corrected chi connectivity index (χ1v) is 8.50. The number of hydrogen-bond acceptors (Lipinski definition) is 4. The third kappa shape index (κ3) is 3.00.